The second kappa shape index (κ2) is 7.04. The summed E-state index contributed by atoms with van der Waals surface area (Å²) in [7, 11) is 0. The van der Waals surface area contributed by atoms with Gasteiger partial charge in [-0.2, -0.15) is 4.37 Å². The lowest BCUT2D eigenvalue weighted by Crippen LogP contribution is -2.26. The standard InChI is InChI=1S/C11H11BrClN3O2S/c12-9-2-1-7(13)3-10(9)14-4-8(17)6-18-11-5-15-19-16-11/h1-3,5,8,14,17H,4,6H2. The van der Waals surface area contributed by atoms with E-state index in [1.165, 1.54) is 6.20 Å². The summed E-state index contributed by atoms with van der Waals surface area (Å²) >= 11 is 10.4. The maximum Gasteiger partial charge on any atom is 0.245 e. The van der Waals surface area contributed by atoms with Gasteiger partial charge in [0.15, 0.2) is 0 Å². The van der Waals surface area contributed by atoms with Crippen LogP contribution in [0.5, 0.6) is 5.88 Å². The van der Waals surface area contributed by atoms with Crippen LogP contribution in [0.3, 0.4) is 0 Å². The maximum atomic E-state index is 9.79. The monoisotopic (exact) mass is 363 g/mol. The third kappa shape index (κ3) is 4.61. The van der Waals surface area contributed by atoms with Gasteiger partial charge < -0.3 is 15.2 Å². The lowest BCUT2D eigenvalue weighted by atomic mass is 10.3. The van der Waals surface area contributed by atoms with Gasteiger partial charge in [-0.3, -0.25) is 0 Å². The van der Waals surface area contributed by atoms with Crippen molar-refractivity contribution < 1.29 is 9.84 Å². The summed E-state index contributed by atoms with van der Waals surface area (Å²) in [6, 6.07) is 5.41. The zero-order valence-electron chi connectivity index (χ0n) is 9.72. The second-order valence-corrected chi connectivity index (χ2v) is 5.56. The van der Waals surface area contributed by atoms with E-state index in [0.717, 1.165) is 21.9 Å². The first kappa shape index (κ1) is 14.5. The Hall–Kier alpha value is -0.890. The number of nitrogens with one attached hydrogen (secondary N) is 1. The van der Waals surface area contributed by atoms with Crippen LogP contribution in [0.15, 0.2) is 28.9 Å². The summed E-state index contributed by atoms with van der Waals surface area (Å²) in [6.07, 6.45) is 0.853. The minimum Gasteiger partial charge on any atom is -0.473 e. The molecule has 2 aromatic rings. The third-order valence-corrected chi connectivity index (χ3v) is 3.61. The molecule has 0 spiro atoms. The van der Waals surface area contributed by atoms with Gasteiger partial charge in [-0.05, 0) is 34.1 Å². The Morgan fingerprint density at radius 1 is 1.53 bits per heavy atom. The Morgan fingerprint density at radius 2 is 2.37 bits per heavy atom. The lowest BCUT2D eigenvalue weighted by Gasteiger charge is -2.14. The summed E-state index contributed by atoms with van der Waals surface area (Å²) in [5.74, 6) is 0.424. The zero-order chi connectivity index (χ0) is 13.7. The van der Waals surface area contributed by atoms with Crippen molar-refractivity contribution in [3.05, 3.63) is 33.9 Å². The molecular weight excluding hydrogens is 354 g/mol. The predicted molar refractivity (Wildman–Crippen MR) is 79.1 cm³/mol. The molecule has 1 heterocycles. The molecule has 2 N–H and O–H groups in total. The van der Waals surface area contributed by atoms with E-state index in [1.54, 1.807) is 12.1 Å². The molecule has 8 heteroatoms. The molecule has 1 aromatic carbocycles. The number of hydrogen-bond acceptors (Lipinski definition) is 6. The van der Waals surface area contributed by atoms with E-state index in [4.69, 9.17) is 16.3 Å². The third-order valence-electron chi connectivity index (χ3n) is 2.22. The molecule has 0 aliphatic heterocycles. The number of halogens is 2. The van der Waals surface area contributed by atoms with Gasteiger partial charge >= 0.3 is 0 Å². The van der Waals surface area contributed by atoms with Crippen molar-refractivity contribution in [1.29, 1.82) is 0 Å². The van der Waals surface area contributed by atoms with Crippen LogP contribution in [-0.4, -0.2) is 33.1 Å². The molecule has 5 nitrogen and oxygen atoms in total. The smallest absolute Gasteiger partial charge is 0.245 e. The van der Waals surface area contributed by atoms with Crippen molar-refractivity contribution in [1.82, 2.24) is 8.75 Å². The van der Waals surface area contributed by atoms with Gasteiger partial charge in [0, 0.05) is 21.7 Å². The van der Waals surface area contributed by atoms with Crippen molar-refractivity contribution in [2.24, 2.45) is 0 Å². The van der Waals surface area contributed by atoms with Gasteiger partial charge in [-0.1, -0.05) is 11.6 Å². The minimum atomic E-state index is -0.660. The molecule has 0 aliphatic carbocycles. The number of ether oxygens (including phenoxy) is 1. The van der Waals surface area contributed by atoms with Crippen molar-refractivity contribution >= 4 is 44.9 Å². The first-order valence-electron chi connectivity index (χ1n) is 5.42. The molecule has 1 atom stereocenters. The fraction of sp³-hybridized carbons (Fsp3) is 0.273. The number of rotatable bonds is 6. The number of anilines is 1. The van der Waals surface area contributed by atoms with E-state index in [2.05, 4.69) is 30.0 Å². The van der Waals surface area contributed by atoms with Gasteiger partial charge in [0.2, 0.25) is 5.88 Å². The Bertz CT molecular complexity index is 527. The lowest BCUT2D eigenvalue weighted by molar-refractivity contribution is 0.115. The largest absolute Gasteiger partial charge is 0.473 e. The molecule has 1 unspecified atom stereocenters. The van der Waals surface area contributed by atoms with Gasteiger partial charge in [-0.15, -0.1) is 4.37 Å². The fourth-order valence-electron chi connectivity index (χ4n) is 1.32. The van der Waals surface area contributed by atoms with Gasteiger partial charge in [0.25, 0.3) is 0 Å². The molecule has 1 aromatic heterocycles. The molecule has 0 amide bonds. The Balaban J connectivity index is 1.79. The summed E-state index contributed by atoms with van der Waals surface area (Å²) in [5, 5.41) is 13.5. The molecule has 102 valence electrons. The summed E-state index contributed by atoms with van der Waals surface area (Å²) < 4.78 is 13.8. The predicted octanol–water partition coefficient (Wildman–Crippen LogP) is 2.81. The number of aromatic nitrogens is 2. The fourth-order valence-corrected chi connectivity index (χ4v) is 2.24. The number of hydrogen-bond donors (Lipinski definition) is 2. The maximum absolute atomic E-state index is 9.79. The van der Waals surface area contributed by atoms with Crippen LogP contribution in [0.2, 0.25) is 5.02 Å². The highest BCUT2D eigenvalue weighted by atomic mass is 79.9. The highest BCUT2D eigenvalue weighted by Gasteiger charge is 2.08. The van der Waals surface area contributed by atoms with Crippen LogP contribution in [0.25, 0.3) is 0 Å². The van der Waals surface area contributed by atoms with Gasteiger partial charge in [0.1, 0.15) is 18.9 Å². The molecule has 0 bridgehead atoms. The van der Waals surface area contributed by atoms with E-state index >= 15 is 0 Å². The van der Waals surface area contributed by atoms with Crippen LogP contribution in [-0.2, 0) is 0 Å². The Kier molecular flexibility index (Phi) is 5.38. The van der Waals surface area contributed by atoms with Crippen LogP contribution in [0.4, 0.5) is 5.69 Å². The van der Waals surface area contributed by atoms with Crippen molar-refractivity contribution in [2.75, 3.05) is 18.5 Å². The first-order chi connectivity index (χ1) is 9.15. The van der Waals surface area contributed by atoms with Crippen LogP contribution in [0, 0.1) is 0 Å². The number of aliphatic hydroxyl groups excluding tert-OH is 1. The first-order valence-corrected chi connectivity index (χ1v) is 7.32. The second-order valence-electron chi connectivity index (χ2n) is 3.72. The van der Waals surface area contributed by atoms with Crippen molar-refractivity contribution in [3.8, 4) is 5.88 Å². The zero-order valence-corrected chi connectivity index (χ0v) is 12.9. The summed E-state index contributed by atoms with van der Waals surface area (Å²) in [6.45, 7) is 0.493. The summed E-state index contributed by atoms with van der Waals surface area (Å²) in [4.78, 5) is 0. The summed E-state index contributed by atoms with van der Waals surface area (Å²) in [5.41, 5.74) is 0.821. The Morgan fingerprint density at radius 3 is 3.11 bits per heavy atom. The number of aliphatic hydroxyl groups is 1. The van der Waals surface area contributed by atoms with E-state index in [1.807, 2.05) is 6.07 Å². The minimum absolute atomic E-state index is 0.149. The molecule has 0 saturated carbocycles. The number of nitrogens with zero attached hydrogens (tertiary/aromatic N) is 2. The normalized spacial score (nSPS) is 12.2. The molecule has 0 aliphatic rings. The molecule has 0 saturated heterocycles. The topological polar surface area (TPSA) is 67.3 Å². The van der Waals surface area contributed by atoms with E-state index < -0.39 is 6.10 Å². The SMILES string of the molecule is OC(CNc1cc(Cl)ccc1Br)COc1cnsn1. The van der Waals surface area contributed by atoms with E-state index in [0.29, 0.717) is 17.4 Å². The van der Waals surface area contributed by atoms with Crippen molar-refractivity contribution in [3.63, 3.8) is 0 Å². The van der Waals surface area contributed by atoms with Crippen LogP contribution < -0.4 is 10.1 Å². The van der Waals surface area contributed by atoms with Crippen LogP contribution in [0.1, 0.15) is 0 Å². The quantitative estimate of drug-likeness (QED) is 0.825. The molecule has 0 fully saturated rings. The van der Waals surface area contributed by atoms with E-state index in [9.17, 15) is 5.11 Å². The number of benzene rings is 1. The highest BCUT2D eigenvalue weighted by Crippen LogP contribution is 2.25. The van der Waals surface area contributed by atoms with Gasteiger partial charge in [0.05, 0.1) is 11.7 Å². The molecule has 2 rings (SSSR count). The molecule has 19 heavy (non-hydrogen) atoms. The van der Waals surface area contributed by atoms with Crippen LogP contribution >= 0.6 is 39.3 Å². The molecular formula is C11H11BrClN3O2S. The highest BCUT2D eigenvalue weighted by molar-refractivity contribution is 9.10. The van der Waals surface area contributed by atoms with Crippen molar-refractivity contribution in [2.45, 2.75) is 6.10 Å². The van der Waals surface area contributed by atoms with Gasteiger partial charge in [-0.25, -0.2) is 0 Å². The van der Waals surface area contributed by atoms with E-state index in [-0.39, 0.29) is 6.61 Å². The average Bonchev–Trinajstić information content (AvgIpc) is 2.90. The molecule has 0 radical (unpaired) electrons. The Labute approximate surface area is 128 Å². The average molecular weight is 365 g/mol.